The quantitative estimate of drug-likeness (QED) is 0.586. The lowest BCUT2D eigenvalue weighted by Crippen LogP contribution is -2.32. The summed E-state index contributed by atoms with van der Waals surface area (Å²) < 4.78 is 0. The van der Waals surface area contributed by atoms with Crippen molar-refractivity contribution in [1.82, 2.24) is 5.32 Å². The van der Waals surface area contributed by atoms with Gasteiger partial charge in [-0.1, -0.05) is 6.08 Å². The van der Waals surface area contributed by atoms with Crippen LogP contribution in [0.2, 0.25) is 0 Å². The summed E-state index contributed by atoms with van der Waals surface area (Å²) in [7, 11) is 0. The van der Waals surface area contributed by atoms with E-state index in [4.69, 9.17) is 10.2 Å². The van der Waals surface area contributed by atoms with Gasteiger partial charge in [0.25, 0.3) is 0 Å². The number of hydrogen-bond acceptors (Lipinski definition) is 2. The highest BCUT2D eigenvalue weighted by Crippen LogP contribution is 2.04. The van der Waals surface area contributed by atoms with Crippen molar-refractivity contribution in [2.24, 2.45) is 0 Å². The lowest BCUT2D eigenvalue weighted by atomic mass is 10.2. The summed E-state index contributed by atoms with van der Waals surface area (Å²) in [5, 5.41) is 20.4. The zero-order valence-electron chi connectivity index (χ0n) is 5.97. The monoisotopic (exact) mass is 168 g/mol. The molecule has 0 amide bonds. The molecule has 0 aromatic carbocycles. The predicted molar refractivity (Wildman–Crippen MR) is 38.4 cm³/mol. The standard InChI is InChI=1S/C7H6NO4/c9-6(10)4-2-1-3-5(8-4)7(11)12/h1-4H,(H,9,10)(H,11,12). The first-order valence-electron chi connectivity index (χ1n) is 3.16. The van der Waals surface area contributed by atoms with Crippen LogP contribution >= 0.6 is 0 Å². The molecular weight excluding hydrogens is 162 g/mol. The highest BCUT2D eigenvalue weighted by atomic mass is 16.4. The highest BCUT2D eigenvalue weighted by molar-refractivity contribution is 5.88. The molecule has 1 unspecified atom stereocenters. The molecule has 63 valence electrons. The predicted octanol–water partition coefficient (Wildman–Crippen LogP) is -0.418. The third-order valence-electron chi connectivity index (χ3n) is 1.30. The van der Waals surface area contributed by atoms with Crippen molar-refractivity contribution in [2.75, 3.05) is 0 Å². The van der Waals surface area contributed by atoms with Gasteiger partial charge in [-0.15, -0.1) is 0 Å². The molecule has 0 aliphatic carbocycles. The first-order chi connectivity index (χ1) is 5.61. The summed E-state index contributed by atoms with van der Waals surface area (Å²) in [5.74, 6) is -2.37. The maximum atomic E-state index is 10.4. The minimum atomic E-state index is -1.22. The van der Waals surface area contributed by atoms with E-state index in [1.807, 2.05) is 0 Å². The van der Waals surface area contributed by atoms with Gasteiger partial charge in [-0.25, -0.2) is 9.59 Å². The Bertz CT molecular complexity index is 279. The molecule has 5 nitrogen and oxygen atoms in total. The van der Waals surface area contributed by atoms with Gasteiger partial charge in [0.15, 0.2) is 6.04 Å². The molecule has 0 fully saturated rings. The molecule has 0 spiro atoms. The number of carboxylic acid groups (broad SMARTS) is 2. The van der Waals surface area contributed by atoms with Crippen molar-refractivity contribution in [1.29, 1.82) is 0 Å². The van der Waals surface area contributed by atoms with Crippen molar-refractivity contribution < 1.29 is 19.8 Å². The van der Waals surface area contributed by atoms with Gasteiger partial charge >= 0.3 is 11.9 Å². The third kappa shape index (κ3) is 1.63. The molecule has 1 radical (unpaired) electrons. The third-order valence-corrected chi connectivity index (χ3v) is 1.30. The van der Waals surface area contributed by atoms with E-state index in [9.17, 15) is 9.59 Å². The molecule has 1 atom stereocenters. The van der Waals surface area contributed by atoms with E-state index < -0.39 is 18.0 Å². The highest BCUT2D eigenvalue weighted by Gasteiger charge is 2.22. The van der Waals surface area contributed by atoms with Crippen LogP contribution in [0.3, 0.4) is 0 Å². The second-order valence-electron chi connectivity index (χ2n) is 2.15. The van der Waals surface area contributed by atoms with E-state index in [2.05, 4.69) is 5.32 Å². The van der Waals surface area contributed by atoms with Crippen LogP contribution < -0.4 is 5.32 Å². The number of rotatable bonds is 2. The number of carbonyl (C=O) groups is 2. The molecule has 12 heavy (non-hydrogen) atoms. The van der Waals surface area contributed by atoms with Crippen molar-refractivity contribution in [3.05, 3.63) is 23.9 Å². The Morgan fingerprint density at radius 2 is 2.08 bits per heavy atom. The van der Waals surface area contributed by atoms with Gasteiger partial charge in [-0.3, -0.25) is 5.32 Å². The van der Waals surface area contributed by atoms with E-state index in [-0.39, 0.29) is 5.70 Å². The Morgan fingerprint density at radius 1 is 1.42 bits per heavy atom. The van der Waals surface area contributed by atoms with E-state index in [0.717, 1.165) is 0 Å². The van der Waals surface area contributed by atoms with Crippen molar-refractivity contribution in [3.8, 4) is 0 Å². The fraction of sp³-hybridized carbons (Fsp3) is 0.143. The zero-order chi connectivity index (χ0) is 9.14. The Labute approximate surface area is 68.0 Å². The summed E-state index contributed by atoms with van der Waals surface area (Å²) in [6, 6.07) is -1.07. The first-order valence-corrected chi connectivity index (χ1v) is 3.16. The SMILES string of the molecule is O=C(O)C1=CC=CC(C(=O)O)[N]1. The van der Waals surface area contributed by atoms with E-state index in [1.54, 1.807) is 0 Å². The van der Waals surface area contributed by atoms with Crippen LogP contribution in [0.25, 0.3) is 0 Å². The average Bonchev–Trinajstić information content (AvgIpc) is 2.04. The maximum Gasteiger partial charge on any atom is 0.354 e. The molecule has 0 saturated carbocycles. The van der Waals surface area contributed by atoms with Crippen LogP contribution in [-0.2, 0) is 9.59 Å². The Hall–Kier alpha value is -1.78. The van der Waals surface area contributed by atoms with Gasteiger partial charge in [0.2, 0.25) is 0 Å². The topological polar surface area (TPSA) is 88.7 Å². The molecule has 2 N–H and O–H groups in total. The smallest absolute Gasteiger partial charge is 0.354 e. The maximum absolute atomic E-state index is 10.4. The molecule has 1 aliphatic rings. The fourth-order valence-electron chi connectivity index (χ4n) is 0.752. The summed E-state index contributed by atoms with van der Waals surface area (Å²) in [5.41, 5.74) is -0.232. The summed E-state index contributed by atoms with van der Waals surface area (Å²) in [6.07, 6.45) is 3.94. The van der Waals surface area contributed by atoms with E-state index in [1.165, 1.54) is 18.2 Å². The number of nitrogens with zero attached hydrogens (tertiary/aromatic N) is 1. The molecule has 1 heterocycles. The average molecular weight is 168 g/mol. The Kier molecular flexibility index (Phi) is 2.14. The molecule has 0 aromatic heterocycles. The van der Waals surface area contributed by atoms with Gasteiger partial charge in [0.05, 0.1) is 0 Å². The van der Waals surface area contributed by atoms with Crippen LogP contribution in [-0.4, -0.2) is 28.2 Å². The molecule has 0 bridgehead atoms. The van der Waals surface area contributed by atoms with Crippen LogP contribution in [0.4, 0.5) is 0 Å². The number of allylic oxidation sites excluding steroid dienone is 2. The van der Waals surface area contributed by atoms with Crippen LogP contribution in [0.5, 0.6) is 0 Å². The van der Waals surface area contributed by atoms with Crippen LogP contribution in [0.1, 0.15) is 0 Å². The molecule has 0 saturated heterocycles. The van der Waals surface area contributed by atoms with E-state index >= 15 is 0 Å². The second-order valence-corrected chi connectivity index (χ2v) is 2.15. The lowest BCUT2D eigenvalue weighted by molar-refractivity contribution is -0.138. The second kappa shape index (κ2) is 3.08. The number of carboxylic acids is 2. The van der Waals surface area contributed by atoms with Crippen molar-refractivity contribution in [2.45, 2.75) is 6.04 Å². The van der Waals surface area contributed by atoms with Gasteiger partial charge in [0.1, 0.15) is 5.70 Å². The van der Waals surface area contributed by atoms with E-state index in [0.29, 0.717) is 0 Å². The number of hydrogen-bond donors (Lipinski definition) is 2. The summed E-state index contributed by atoms with van der Waals surface area (Å²) >= 11 is 0. The number of aliphatic carboxylic acids is 2. The Morgan fingerprint density at radius 3 is 2.58 bits per heavy atom. The van der Waals surface area contributed by atoms with Crippen LogP contribution in [0.15, 0.2) is 23.9 Å². The molecular formula is C7H6NO4. The van der Waals surface area contributed by atoms with Gasteiger partial charge < -0.3 is 10.2 Å². The zero-order valence-corrected chi connectivity index (χ0v) is 5.97. The van der Waals surface area contributed by atoms with Gasteiger partial charge in [-0.2, -0.15) is 0 Å². The van der Waals surface area contributed by atoms with Crippen LogP contribution in [0, 0.1) is 0 Å². The molecule has 0 aromatic rings. The fourth-order valence-corrected chi connectivity index (χ4v) is 0.752. The first kappa shape index (κ1) is 8.32. The van der Waals surface area contributed by atoms with Crippen molar-refractivity contribution >= 4 is 11.9 Å². The minimum Gasteiger partial charge on any atom is -0.479 e. The van der Waals surface area contributed by atoms with Crippen molar-refractivity contribution in [3.63, 3.8) is 0 Å². The summed E-state index contributed by atoms with van der Waals surface area (Å²) in [6.45, 7) is 0. The lowest BCUT2D eigenvalue weighted by Gasteiger charge is -2.11. The normalized spacial score (nSPS) is 21.0. The minimum absolute atomic E-state index is 0.232. The summed E-state index contributed by atoms with van der Waals surface area (Å²) in [4.78, 5) is 20.7. The Balaban J connectivity index is 2.74. The molecule has 1 rings (SSSR count). The largest absolute Gasteiger partial charge is 0.479 e. The van der Waals surface area contributed by atoms with Gasteiger partial charge in [-0.05, 0) is 12.2 Å². The molecule has 5 heteroatoms. The molecule has 1 aliphatic heterocycles. The van der Waals surface area contributed by atoms with Gasteiger partial charge in [0, 0.05) is 0 Å².